The maximum absolute atomic E-state index is 13.3. The number of aliphatic carboxylic acids is 1. The van der Waals surface area contributed by atoms with E-state index in [1.54, 1.807) is 18.2 Å². The van der Waals surface area contributed by atoms with Gasteiger partial charge in [-0.25, -0.2) is 21.6 Å². The van der Waals surface area contributed by atoms with E-state index in [0.29, 0.717) is 5.75 Å². The topological polar surface area (TPSA) is 157 Å². The number of carboxylic acids is 1. The minimum atomic E-state index is -4.35. The molecule has 0 unspecified atom stereocenters. The number of sulfonamides is 2. The van der Waals surface area contributed by atoms with E-state index in [2.05, 4.69) is 9.44 Å². The average molecular weight is 549 g/mol. The first-order valence-corrected chi connectivity index (χ1v) is 13.4. The number of rotatable bonds is 11. The Hall–Kier alpha value is -4.23. The maximum Gasteiger partial charge on any atom is 0.328 e. The van der Waals surface area contributed by atoms with Crippen LogP contribution < -0.4 is 23.7 Å². The van der Waals surface area contributed by atoms with Crippen molar-refractivity contribution in [1.29, 1.82) is 0 Å². The number of para-hydroxylation sites is 2. The summed E-state index contributed by atoms with van der Waals surface area (Å²) in [7, 11) is -4.51. The number of carbonyl (C=O) groups is 1. The first kappa shape index (κ1) is 27.4. The molecule has 0 atom stereocenters. The number of anilines is 2. The minimum Gasteiger partial charge on any atom is -0.495 e. The summed E-state index contributed by atoms with van der Waals surface area (Å²) in [5, 5.41) is 8.91. The van der Waals surface area contributed by atoms with E-state index in [0.717, 1.165) is 12.1 Å². The maximum atomic E-state index is 13.3. The Morgan fingerprint density at radius 1 is 0.811 bits per heavy atom. The monoisotopic (exact) mass is 548 g/mol. The molecule has 0 saturated heterocycles. The van der Waals surface area contributed by atoms with Gasteiger partial charge in [0.2, 0.25) is 0 Å². The zero-order valence-corrected chi connectivity index (χ0v) is 21.6. The van der Waals surface area contributed by atoms with Crippen molar-refractivity contribution in [3.8, 4) is 17.2 Å². The van der Waals surface area contributed by atoms with Crippen LogP contribution in [0.2, 0.25) is 0 Å². The van der Waals surface area contributed by atoms with Crippen molar-refractivity contribution in [3.05, 3.63) is 72.3 Å². The lowest BCUT2D eigenvalue weighted by atomic mass is 10.2. The van der Waals surface area contributed by atoms with Crippen molar-refractivity contribution in [1.82, 2.24) is 0 Å². The number of benzene rings is 3. The summed E-state index contributed by atoms with van der Waals surface area (Å²) in [5.74, 6) is -0.991. The van der Waals surface area contributed by atoms with Gasteiger partial charge in [-0.15, -0.1) is 0 Å². The molecule has 0 heterocycles. The molecule has 3 aromatic carbocycles. The lowest BCUT2D eigenvalue weighted by molar-refractivity contribution is -0.131. The number of ether oxygens (including phenoxy) is 3. The Labute approximate surface area is 214 Å². The van der Waals surface area contributed by atoms with E-state index in [1.165, 1.54) is 63.8 Å². The van der Waals surface area contributed by atoms with Crippen LogP contribution in [-0.2, 0) is 24.8 Å². The summed E-state index contributed by atoms with van der Waals surface area (Å²) in [6.07, 6.45) is 2.04. The largest absolute Gasteiger partial charge is 0.495 e. The molecule has 0 aliphatic heterocycles. The van der Waals surface area contributed by atoms with Gasteiger partial charge in [-0.05, 0) is 54.1 Å². The second kappa shape index (κ2) is 11.2. The molecular formula is C24H24N2O9S2. The summed E-state index contributed by atoms with van der Waals surface area (Å²) in [5.41, 5.74) is 0.382. The number of methoxy groups -OCH3 is 3. The van der Waals surface area contributed by atoms with Crippen molar-refractivity contribution >= 4 is 43.5 Å². The van der Waals surface area contributed by atoms with Crippen LogP contribution in [0.5, 0.6) is 17.2 Å². The SMILES string of the molecule is COc1ccccc1NS(=O)(=O)c1cccc(NS(=O)(=O)c2cc(/C=C/C(=O)O)cc(OC)c2OC)c1. The highest BCUT2D eigenvalue weighted by atomic mass is 32.2. The van der Waals surface area contributed by atoms with Crippen molar-refractivity contribution < 1.29 is 40.9 Å². The smallest absolute Gasteiger partial charge is 0.328 e. The van der Waals surface area contributed by atoms with Gasteiger partial charge in [0.15, 0.2) is 11.5 Å². The molecule has 0 aliphatic rings. The molecule has 0 aliphatic carbocycles. The number of hydrogen-bond donors (Lipinski definition) is 3. The normalized spacial score (nSPS) is 11.6. The molecule has 3 rings (SSSR count). The molecule has 0 spiro atoms. The highest BCUT2D eigenvalue weighted by Gasteiger charge is 2.25. The highest BCUT2D eigenvalue weighted by molar-refractivity contribution is 7.93. The molecule has 3 N–H and O–H groups in total. The Morgan fingerprint density at radius 3 is 2.16 bits per heavy atom. The van der Waals surface area contributed by atoms with Gasteiger partial charge in [0.25, 0.3) is 20.0 Å². The Kier molecular flexibility index (Phi) is 8.30. The Bertz CT molecular complexity index is 1550. The summed E-state index contributed by atoms with van der Waals surface area (Å²) < 4.78 is 72.9. The van der Waals surface area contributed by atoms with E-state index in [-0.39, 0.29) is 38.2 Å². The van der Waals surface area contributed by atoms with E-state index in [9.17, 15) is 21.6 Å². The zero-order chi connectivity index (χ0) is 27.2. The first-order valence-electron chi connectivity index (χ1n) is 10.5. The average Bonchev–Trinajstić information content (AvgIpc) is 2.86. The van der Waals surface area contributed by atoms with Gasteiger partial charge in [-0.1, -0.05) is 18.2 Å². The molecule has 13 heteroatoms. The first-order chi connectivity index (χ1) is 17.5. The van der Waals surface area contributed by atoms with Gasteiger partial charge >= 0.3 is 5.97 Å². The molecule has 196 valence electrons. The molecule has 0 amide bonds. The summed E-state index contributed by atoms with van der Waals surface area (Å²) in [6, 6.07) is 14.2. The Balaban J connectivity index is 1.99. The van der Waals surface area contributed by atoms with E-state index >= 15 is 0 Å². The molecule has 37 heavy (non-hydrogen) atoms. The van der Waals surface area contributed by atoms with Crippen molar-refractivity contribution in [2.75, 3.05) is 30.8 Å². The van der Waals surface area contributed by atoms with Crippen LogP contribution in [0.15, 0.2) is 76.5 Å². The van der Waals surface area contributed by atoms with Gasteiger partial charge in [0, 0.05) is 6.08 Å². The van der Waals surface area contributed by atoms with Crippen molar-refractivity contribution in [3.63, 3.8) is 0 Å². The van der Waals surface area contributed by atoms with Crippen LogP contribution in [0.25, 0.3) is 6.08 Å². The van der Waals surface area contributed by atoms with E-state index in [4.69, 9.17) is 19.3 Å². The second-order valence-electron chi connectivity index (χ2n) is 7.37. The van der Waals surface area contributed by atoms with Crippen molar-refractivity contribution in [2.24, 2.45) is 0 Å². The zero-order valence-electron chi connectivity index (χ0n) is 20.0. The van der Waals surface area contributed by atoms with Gasteiger partial charge in [-0.3, -0.25) is 9.44 Å². The fraction of sp³-hybridized carbons (Fsp3) is 0.125. The molecule has 11 nitrogen and oxygen atoms in total. The molecule has 0 aromatic heterocycles. The molecular weight excluding hydrogens is 524 g/mol. The highest BCUT2D eigenvalue weighted by Crippen LogP contribution is 2.37. The summed E-state index contributed by atoms with van der Waals surface area (Å²) >= 11 is 0. The summed E-state index contributed by atoms with van der Waals surface area (Å²) in [4.78, 5) is 10.3. The molecule has 3 aromatic rings. The predicted molar refractivity (Wildman–Crippen MR) is 137 cm³/mol. The second-order valence-corrected chi connectivity index (χ2v) is 10.7. The van der Waals surface area contributed by atoms with Crippen LogP contribution in [0.3, 0.4) is 0 Å². The molecule has 0 radical (unpaired) electrons. The van der Waals surface area contributed by atoms with Crippen LogP contribution in [0.4, 0.5) is 11.4 Å². The van der Waals surface area contributed by atoms with Crippen molar-refractivity contribution in [2.45, 2.75) is 9.79 Å². The third-order valence-corrected chi connectivity index (χ3v) is 7.67. The molecule has 0 saturated carbocycles. The fourth-order valence-electron chi connectivity index (χ4n) is 3.28. The van der Waals surface area contributed by atoms with Gasteiger partial charge < -0.3 is 19.3 Å². The fourth-order valence-corrected chi connectivity index (χ4v) is 5.66. The van der Waals surface area contributed by atoms with Gasteiger partial charge in [-0.2, -0.15) is 0 Å². The van der Waals surface area contributed by atoms with Crippen LogP contribution in [0.1, 0.15) is 5.56 Å². The van der Waals surface area contributed by atoms with Crippen LogP contribution in [-0.4, -0.2) is 49.2 Å². The minimum absolute atomic E-state index is 0.0459. The third kappa shape index (κ3) is 6.51. The third-order valence-electron chi connectivity index (χ3n) is 4.92. The van der Waals surface area contributed by atoms with Gasteiger partial charge in [0.1, 0.15) is 10.6 Å². The van der Waals surface area contributed by atoms with E-state index < -0.39 is 26.0 Å². The Morgan fingerprint density at radius 2 is 1.51 bits per heavy atom. The molecule has 0 fully saturated rings. The number of nitrogens with one attached hydrogen (secondary N) is 2. The summed E-state index contributed by atoms with van der Waals surface area (Å²) in [6.45, 7) is 0. The predicted octanol–water partition coefficient (Wildman–Crippen LogP) is 3.41. The standard InChI is InChI=1S/C24H24N2O9S2/c1-33-20-10-5-4-9-19(20)26-36(29,30)18-8-6-7-17(15-18)25-37(31,32)22-14-16(11-12-23(27)28)13-21(34-2)24(22)35-3/h4-15,25-26H,1-3H3,(H,27,28)/b12-11+. The number of hydrogen-bond acceptors (Lipinski definition) is 8. The van der Waals surface area contributed by atoms with Crippen LogP contribution >= 0.6 is 0 Å². The van der Waals surface area contributed by atoms with Crippen LogP contribution in [0, 0.1) is 0 Å². The number of carboxylic acid groups (broad SMARTS) is 1. The lowest BCUT2D eigenvalue weighted by Gasteiger charge is -2.16. The lowest BCUT2D eigenvalue weighted by Crippen LogP contribution is -2.16. The van der Waals surface area contributed by atoms with Gasteiger partial charge in [0.05, 0.1) is 37.6 Å². The molecule has 0 bridgehead atoms. The van der Waals surface area contributed by atoms with E-state index in [1.807, 2.05) is 0 Å². The quantitative estimate of drug-likeness (QED) is 0.305.